The molecule has 0 saturated carbocycles. The molecule has 0 aliphatic heterocycles. The minimum Gasteiger partial charge on any atom is -0.483 e. The molecule has 5 heteroatoms. The topological polar surface area (TPSA) is 58.6 Å². The van der Waals surface area contributed by atoms with Crippen molar-refractivity contribution in [1.82, 2.24) is 10.2 Å². The summed E-state index contributed by atoms with van der Waals surface area (Å²) in [6.45, 7) is 6.57. The van der Waals surface area contributed by atoms with Gasteiger partial charge < -0.3 is 15.0 Å². The van der Waals surface area contributed by atoms with Gasteiger partial charge in [-0.1, -0.05) is 67.6 Å². The van der Waals surface area contributed by atoms with Gasteiger partial charge in [-0.05, 0) is 42.8 Å². The predicted molar refractivity (Wildman–Crippen MR) is 124 cm³/mol. The number of ether oxygens (including phenoxy) is 1. The fraction of sp³-hybridized carbons (Fsp3) is 0.308. The van der Waals surface area contributed by atoms with Gasteiger partial charge in [0.2, 0.25) is 5.91 Å². The van der Waals surface area contributed by atoms with Crippen LogP contribution in [0, 0.1) is 6.92 Å². The molecule has 0 saturated heterocycles. The fourth-order valence-corrected chi connectivity index (χ4v) is 3.49. The van der Waals surface area contributed by atoms with E-state index in [1.165, 1.54) is 0 Å². The van der Waals surface area contributed by atoms with E-state index in [-0.39, 0.29) is 18.4 Å². The van der Waals surface area contributed by atoms with E-state index in [0.29, 0.717) is 18.8 Å². The van der Waals surface area contributed by atoms with Gasteiger partial charge in [0, 0.05) is 18.5 Å². The number of nitrogens with one attached hydrogen (secondary N) is 1. The van der Waals surface area contributed by atoms with Crippen molar-refractivity contribution in [3.8, 4) is 5.75 Å². The van der Waals surface area contributed by atoms with Crippen molar-refractivity contribution in [3.63, 3.8) is 0 Å². The zero-order valence-electron chi connectivity index (χ0n) is 18.4. The lowest BCUT2D eigenvalue weighted by Crippen LogP contribution is -2.49. The molecule has 3 aromatic rings. The Morgan fingerprint density at radius 3 is 2.48 bits per heavy atom. The molecule has 0 spiro atoms. The lowest BCUT2D eigenvalue weighted by molar-refractivity contribution is -0.142. The summed E-state index contributed by atoms with van der Waals surface area (Å²) < 4.78 is 5.92. The largest absolute Gasteiger partial charge is 0.483 e. The maximum Gasteiger partial charge on any atom is 0.261 e. The highest BCUT2D eigenvalue weighted by Crippen LogP contribution is 2.25. The number of benzene rings is 3. The normalized spacial score (nSPS) is 11.7. The van der Waals surface area contributed by atoms with Crippen LogP contribution in [-0.4, -0.2) is 35.9 Å². The van der Waals surface area contributed by atoms with Gasteiger partial charge in [0.15, 0.2) is 6.61 Å². The smallest absolute Gasteiger partial charge is 0.261 e. The highest BCUT2D eigenvalue weighted by atomic mass is 16.5. The van der Waals surface area contributed by atoms with E-state index in [4.69, 9.17) is 4.74 Å². The van der Waals surface area contributed by atoms with Crippen LogP contribution in [0.25, 0.3) is 10.8 Å². The lowest BCUT2D eigenvalue weighted by atomic mass is 10.1. The first-order chi connectivity index (χ1) is 15.0. The number of fused-ring (bicyclic) bond motifs is 1. The van der Waals surface area contributed by atoms with Crippen LogP contribution >= 0.6 is 0 Å². The van der Waals surface area contributed by atoms with Gasteiger partial charge in [-0.3, -0.25) is 9.59 Å². The Morgan fingerprint density at radius 1 is 1.00 bits per heavy atom. The Bertz CT molecular complexity index is 1040. The lowest BCUT2D eigenvalue weighted by Gasteiger charge is -2.29. The number of rotatable bonds is 9. The average molecular weight is 419 g/mol. The summed E-state index contributed by atoms with van der Waals surface area (Å²) in [7, 11) is 0. The van der Waals surface area contributed by atoms with E-state index in [9.17, 15) is 9.59 Å². The molecule has 0 aliphatic rings. The van der Waals surface area contributed by atoms with E-state index in [1.54, 1.807) is 11.8 Å². The van der Waals surface area contributed by atoms with Crippen LogP contribution in [0.15, 0.2) is 66.7 Å². The molecule has 0 radical (unpaired) electrons. The number of carbonyl (C=O) groups is 2. The molecule has 31 heavy (non-hydrogen) atoms. The van der Waals surface area contributed by atoms with Crippen molar-refractivity contribution in [3.05, 3.63) is 77.9 Å². The molecule has 5 nitrogen and oxygen atoms in total. The Labute approximate surface area is 184 Å². The molecule has 0 heterocycles. The summed E-state index contributed by atoms with van der Waals surface area (Å²) >= 11 is 0. The summed E-state index contributed by atoms with van der Waals surface area (Å²) in [5.41, 5.74) is 2.09. The van der Waals surface area contributed by atoms with Gasteiger partial charge >= 0.3 is 0 Å². The predicted octanol–water partition coefficient (Wildman–Crippen LogP) is 4.47. The van der Waals surface area contributed by atoms with Gasteiger partial charge in [-0.2, -0.15) is 0 Å². The number of hydrogen-bond acceptors (Lipinski definition) is 3. The van der Waals surface area contributed by atoms with Gasteiger partial charge in [0.25, 0.3) is 5.91 Å². The third-order valence-corrected chi connectivity index (χ3v) is 5.42. The summed E-state index contributed by atoms with van der Waals surface area (Å²) in [6, 6.07) is 21.0. The van der Waals surface area contributed by atoms with Gasteiger partial charge in [-0.25, -0.2) is 0 Å². The van der Waals surface area contributed by atoms with Crippen LogP contribution in [0.4, 0.5) is 0 Å². The second-order valence-corrected chi connectivity index (χ2v) is 7.68. The highest BCUT2D eigenvalue weighted by Gasteiger charge is 2.26. The van der Waals surface area contributed by atoms with E-state index >= 15 is 0 Å². The van der Waals surface area contributed by atoms with Crippen molar-refractivity contribution in [1.29, 1.82) is 0 Å². The quantitative estimate of drug-likeness (QED) is 0.558. The first-order valence-electron chi connectivity index (χ1n) is 10.7. The van der Waals surface area contributed by atoms with E-state index in [1.807, 2.05) is 80.6 Å². The Hall–Kier alpha value is -3.34. The number of aryl methyl sites for hydroxylation is 1. The second kappa shape index (κ2) is 10.6. The fourth-order valence-electron chi connectivity index (χ4n) is 3.49. The molecule has 2 amide bonds. The van der Waals surface area contributed by atoms with Crippen molar-refractivity contribution < 1.29 is 14.3 Å². The second-order valence-electron chi connectivity index (χ2n) is 7.68. The number of hydrogen-bond donors (Lipinski definition) is 1. The first-order valence-corrected chi connectivity index (χ1v) is 10.7. The SMILES string of the molecule is CCCNC(=O)C(C)N(Cc1ccccc1C)C(=O)COc1cccc2ccccc12. The van der Waals surface area contributed by atoms with Crippen LogP contribution < -0.4 is 10.1 Å². The molecular formula is C26H30N2O3. The molecule has 3 aromatic carbocycles. The zero-order valence-corrected chi connectivity index (χ0v) is 18.4. The van der Waals surface area contributed by atoms with Gasteiger partial charge in [-0.15, -0.1) is 0 Å². The van der Waals surface area contributed by atoms with Crippen molar-refractivity contribution in [2.45, 2.75) is 39.8 Å². The molecule has 0 bridgehead atoms. The monoisotopic (exact) mass is 418 g/mol. The summed E-state index contributed by atoms with van der Waals surface area (Å²) in [4.78, 5) is 27.4. The van der Waals surface area contributed by atoms with E-state index in [0.717, 1.165) is 28.3 Å². The number of nitrogens with zero attached hydrogens (tertiary/aromatic N) is 1. The summed E-state index contributed by atoms with van der Waals surface area (Å²) in [5, 5.41) is 4.90. The number of carbonyl (C=O) groups excluding carboxylic acids is 2. The summed E-state index contributed by atoms with van der Waals surface area (Å²) in [6.07, 6.45) is 0.842. The first kappa shape index (κ1) is 22.3. The van der Waals surface area contributed by atoms with Gasteiger partial charge in [0.05, 0.1) is 0 Å². The molecule has 3 rings (SSSR count). The molecule has 162 valence electrons. The maximum absolute atomic E-state index is 13.2. The summed E-state index contributed by atoms with van der Waals surface area (Å²) in [5.74, 6) is 0.273. The molecule has 1 unspecified atom stereocenters. The van der Waals surface area contributed by atoms with Gasteiger partial charge in [0.1, 0.15) is 11.8 Å². The van der Waals surface area contributed by atoms with Crippen molar-refractivity contribution in [2.75, 3.05) is 13.2 Å². The third kappa shape index (κ3) is 5.63. The van der Waals surface area contributed by atoms with Crippen LogP contribution in [0.1, 0.15) is 31.4 Å². The van der Waals surface area contributed by atoms with Crippen LogP contribution in [0.3, 0.4) is 0 Å². The molecule has 0 aromatic heterocycles. The zero-order chi connectivity index (χ0) is 22.2. The minimum absolute atomic E-state index is 0.134. The van der Waals surface area contributed by atoms with E-state index < -0.39 is 6.04 Å². The minimum atomic E-state index is -0.602. The Morgan fingerprint density at radius 2 is 1.71 bits per heavy atom. The Kier molecular flexibility index (Phi) is 7.65. The maximum atomic E-state index is 13.2. The van der Waals surface area contributed by atoms with Crippen LogP contribution in [0.2, 0.25) is 0 Å². The molecule has 0 fully saturated rings. The number of amides is 2. The van der Waals surface area contributed by atoms with Crippen molar-refractivity contribution in [2.24, 2.45) is 0 Å². The van der Waals surface area contributed by atoms with Crippen LogP contribution in [0.5, 0.6) is 5.75 Å². The molecule has 1 N–H and O–H groups in total. The highest BCUT2D eigenvalue weighted by molar-refractivity contribution is 5.90. The molecule has 0 aliphatic carbocycles. The standard InChI is InChI=1S/C26H30N2O3/c1-4-16-27-26(30)20(3)28(17-22-12-6-5-10-19(22)2)25(29)18-31-24-15-9-13-21-11-7-8-14-23(21)24/h5-15,20H,4,16-18H2,1-3H3,(H,27,30). The Balaban J connectivity index is 1.79. The van der Waals surface area contributed by atoms with Crippen molar-refractivity contribution >= 4 is 22.6 Å². The van der Waals surface area contributed by atoms with E-state index in [2.05, 4.69) is 5.32 Å². The molecule has 1 atom stereocenters. The molecular weight excluding hydrogens is 388 g/mol. The third-order valence-electron chi connectivity index (χ3n) is 5.42. The average Bonchev–Trinajstić information content (AvgIpc) is 2.80. The van der Waals surface area contributed by atoms with Crippen LogP contribution in [-0.2, 0) is 16.1 Å².